The van der Waals surface area contributed by atoms with Crippen molar-refractivity contribution in [1.82, 2.24) is 20.4 Å². The van der Waals surface area contributed by atoms with Crippen LogP contribution in [0.15, 0.2) is 23.5 Å². The van der Waals surface area contributed by atoms with Crippen molar-refractivity contribution in [2.45, 2.75) is 10.8 Å². The van der Waals surface area contributed by atoms with E-state index in [9.17, 15) is 8.42 Å². The quantitative estimate of drug-likeness (QED) is 0.926. The number of aromatic amines is 1. The fourth-order valence-corrected chi connectivity index (χ4v) is 2.80. The molecule has 0 aliphatic heterocycles. The van der Waals surface area contributed by atoms with Gasteiger partial charge in [0.15, 0.2) is 5.03 Å². The smallest absolute Gasteiger partial charge is 0.204 e. The first kappa shape index (κ1) is 12.3. The number of pyridine rings is 1. The van der Waals surface area contributed by atoms with Crippen LogP contribution in [0.1, 0.15) is 5.69 Å². The molecule has 0 spiro atoms. The van der Waals surface area contributed by atoms with Crippen LogP contribution in [-0.4, -0.2) is 28.8 Å². The molecule has 0 aromatic carbocycles. The Labute approximate surface area is 107 Å². The minimum atomic E-state index is -3.60. The van der Waals surface area contributed by atoms with Gasteiger partial charge in [-0.3, -0.25) is 4.98 Å². The average Bonchev–Trinajstić information content (AvgIpc) is 2.76. The number of nitrogens with one attached hydrogen (secondary N) is 1. The highest BCUT2D eigenvalue weighted by atomic mass is 35.5. The lowest BCUT2D eigenvalue weighted by atomic mass is 10.4. The fraction of sp³-hybridized carbons (Fsp3) is 0.125. The molecule has 0 unspecified atom stereocenters. The van der Waals surface area contributed by atoms with Gasteiger partial charge in [-0.05, 0) is 6.07 Å². The largest absolute Gasteiger partial charge is 0.257 e. The number of H-pyrrole nitrogens is 1. The average molecular weight is 293 g/mol. The van der Waals surface area contributed by atoms with Gasteiger partial charge < -0.3 is 0 Å². The molecular formula is C8H6Cl2N4O2S. The Morgan fingerprint density at radius 3 is 2.65 bits per heavy atom. The van der Waals surface area contributed by atoms with Crippen molar-refractivity contribution in [2.24, 2.45) is 0 Å². The first-order chi connectivity index (χ1) is 7.99. The van der Waals surface area contributed by atoms with Crippen LogP contribution in [0.3, 0.4) is 0 Å². The van der Waals surface area contributed by atoms with E-state index in [1.54, 1.807) is 0 Å². The Kier molecular flexibility index (Phi) is 3.32. The molecule has 0 aliphatic carbocycles. The summed E-state index contributed by atoms with van der Waals surface area (Å²) in [5, 5.41) is 9.57. The second-order valence-electron chi connectivity index (χ2n) is 3.15. The molecule has 2 aromatic rings. The normalized spacial score (nSPS) is 11.6. The first-order valence-electron chi connectivity index (χ1n) is 4.37. The van der Waals surface area contributed by atoms with E-state index >= 15 is 0 Å². The topological polar surface area (TPSA) is 88.6 Å². The van der Waals surface area contributed by atoms with Crippen molar-refractivity contribution in [2.75, 3.05) is 0 Å². The maximum absolute atomic E-state index is 11.8. The van der Waals surface area contributed by atoms with Gasteiger partial charge in [-0.1, -0.05) is 23.2 Å². The van der Waals surface area contributed by atoms with Crippen molar-refractivity contribution in [3.8, 4) is 0 Å². The van der Waals surface area contributed by atoms with Crippen molar-refractivity contribution in [3.05, 3.63) is 34.2 Å². The lowest BCUT2D eigenvalue weighted by molar-refractivity contribution is 0.590. The van der Waals surface area contributed by atoms with Gasteiger partial charge in [-0.25, -0.2) is 8.42 Å². The van der Waals surface area contributed by atoms with Crippen LogP contribution in [0.2, 0.25) is 10.0 Å². The third-order valence-electron chi connectivity index (χ3n) is 1.92. The molecule has 2 heterocycles. The van der Waals surface area contributed by atoms with Crippen LogP contribution < -0.4 is 0 Å². The van der Waals surface area contributed by atoms with Crippen molar-refractivity contribution >= 4 is 33.0 Å². The van der Waals surface area contributed by atoms with Gasteiger partial charge in [0.05, 0.1) is 21.9 Å². The molecule has 9 heteroatoms. The van der Waals surface area contributed by atoms with Gasteiger partial charge in [-0.2, -0.15) is 10.3 Å². The maximum Gasteiger partial charge on any atom is 0.204 e. The van der Waals surface area contributed by atoms with E-state index in [2.05, 4.69) is 20.4 Å². The highest BCUT2D eigenvalue weighted by Crippen LogP contribution is 2.21. The van der Waals surface area contributed by atoms with Crippen LogP contribution in [0.4, 0.5) is 0 Å². The zero-order valence-corrected chi connectivity index (χ0v) is 10.6. The zero-order valence-electron chi connectivity index (χ0n) is 8.26. The van der Waals surface area contributed by atoms with E-state index in [1.165, 1.54) is 12.3 Å². The van der Waals surface area contributed by atoms with Gasteiger partial charge in [0.2, 0.25) is 9.84 Å². The van der Waals surface area contributed by atoms with E-state index in [-0.39, 0.29) is 21.5 Å². The number of sulfone groups is 1. The van der Waals surface area contributed by atoms with E-state index < -0.39 is 9.84 Å². The molecule has 2 rings (SSSR count). The molecule has 0 fully saturated rings. The summed E-state index contributed by atoms with van der Waals surface area (Å²) in [4.78, 5) is 3.87. The third-order valence-corrected chi connectivity index (χ3v) is 3.94. The van der Waals surface area contributed by atoms with Crippen molar-refractivity contribution in [3.63, 3.8) is 0 Å². The summed E-state index contributed by atoms with van der Waals surface area (Å²) in [6.45, 7) is 0. The van der Waals surface area contributed by atoms with E-state index in [0.29, 0.717) is 5.02 Å². The standard InChI is InChI=1S/C8H6Cl2N4O2S/c9-5-1-6(10)7(11-2-5)4-17(15,16)8-3-12-14-13-8/h1-3H,4H2,(H,12,13,14). The van der Waals surface area contributed by atoms with Crippen LogP contribution >= 0.6 is 23.2 Å². The Bertz CT molecular complexity index is 627. The Hall–Kier alpha value is -1.18. The fourth-order valence-electron chi connectivity index (χ4n) is 1.14. The number of nitrogens with zero attached hydrogens (tertiary/aromatic N) is 3. The molecule has 90 valence electrons. The monoisotopic (exact) mass is 292 g/mol. The van der Waals surface area contributed by atoms with Crippen molar-refractivity contribution in [1.29, 1.82) is 0 Å². The molecule has 0 aliphatic rings. The number of halogens is 2. The molecular weight excluding hydrogens is 287 g/mol. The van der Waals surface area contributed by atoms with Crippen LogP contribution in [0.5, 0.6) is 0 Å². The molecule has 0 bridgehead atoms. The van der Waals surface area contributed by atoms with Crippen LogP contribution in [0, 0.1) is 0 Å². The SMILES string of the molecule is O=S(=O)(Cc1ncc(Cl)cc1Cl)c1cn[nH]n1. The molecule has 2 aromatic heterocycles. The summed E-state index contributed by atoms with van der Waals surface area (Å²) in [7, 11) is -3.60. The van der Waals surface area contributed by atoms with Crippen LogP contribution in [-0.2, 0) is 15.6 Å². The molecule has 0 atom stereocenters. The Balaban J connectivity index is 2.33. The van der Waals surface area contributed by atoms with Gasteiger partial charge in [-0.15, -0.1) is 5.10 Å². The van der Waals surface area contributed by atoms with Gasteiger partial charge in [0, 0.05) is 6.20 Å². The summed E-state index contributed by atoms with van der Waals surface area (Å²) in [6, 6.07) is 1.43. The Morgan fingerprint density at radius 2 is 2.06 bits per heavy atom. The van der Waals surface area contributed by atoms with Crippen LogP contribution in [0.25, 0.3) is 0 Å². The summed E-state index contributed by atoms with van der Waals surface area (Å²) in [6.07, 6.45) is 2.46. The second kappa shape index (κ2) is 4.59. The summed E-state index contributed by atoms with van der Waals surface area (Å²) in [5.74, 6) is -0.352. The molecule has 0 saturated heterocycles. The van der Waals surface area contributed by atoms with Crippen molar-refractivity contribution < 1.29 is 8.42 Å². The maximum atomic E-state index is 11.8. The lowest BCUT2D eigenvalue weighted by Crippen LogP contribution is -2.07. The molecule has 6 nitrogen and oxygen atoms in total. The Morgan fingerprint density at radius 1 is 1.29 bits per heavy atom. The summed E-state index contributed by atoms with van der Waals surface area (Å²) >= 11 is 11.5. The second-order valence-corrected chi connectivity index (χ2v) is 5.93. The predicted octanol–water partition coefficient (Wildman–Crippen LogP) is 1.48. The number of aromatic nitrogens is 4. The molecule has 1 N–H and O–H groups in total. The highest BCUT2D eigenvalue weighted by Gasteiger charge is 2.20. The van der Waals surface area contributed by atoms with Gasteiger partial charge in [0.25, 0.3) is 0 Å². The molecule has 0 amide bonds. The summed E-state index contributed by atoms with van der Waals surface area (Å²) in [5.41, 5.74) is 0.221. The molecule has 0 radical (unpaired) electrons. The van der Waals surface area contributed by atoms with E-state index in [1.807, 2.05) is 0 Å². The minimum Gasteiger partial charge on any atom is -0.257 e. The van der Waals surface area contributed by atoms with E-state index in [0.717, 1.165) is 6.20 Å². The molecule has 17 heavy (non-hydrogen) atoms. The zero-order chi connectivity index (χ0) is 12.5. The van der Waals surface area contributed by atoms with Gasteiger partial charge in [0.1, 0.15) is 5.75 Å². The minimum absolute atomic E-state index is 0.148. The number of rotatable bonds is 3. The lowest BCUT2D eigenvalue weighted by Gasteiger charge is -2.03. The predicted molar refractivity (Wildman–Crippen MR) is 61.5 cm³/mol. The summed E-state index contributed by atoms with van der Waals surface area (Å²) < 4.78 is 23.7. The number of hydrogen-bond acceptors (Lipinski definition) is 5. The van der Waals surface area contributed by atoms with E-state index in [4.69, 9.17) is 23.2 Å². The third kappa shape index (κ3) is 2.74. The molecule has 0 saturated carbocycles. The first-order valence-corrected chi connectivity index (χ1v) is 6.78. The number of hydrogen-bond donors (Lipinski definition) is 1. The van der Waals surface area contributed by atoms with Gasteiger partial charge >= 0.3 is 0 Å². The highest BCUT2D eigenvalue weighted by molar-refractivity contribution is 7.90.